The highest BCUT2D eigenvalue weighted by Crippen LogP contribution is 2.43. The molecule has 1 heterocycles. The van der Waals surface area contributed by atoms with E-state index in [2.05, 4.69) is 18.3 Å². The SMILES string of the molecule is Cc1ccc(N2C(=O)CS[C@H]2c2cccc(NC(=O)CCc3ccccc3)c2)c(C)c1. The van der Waals surface area contributed by atoms with E-state index in [1.54, 1.807) is 11.8 Å². The van der Waals surface area contributed by atoms with Crippen molar-refractivity contribution < 1.29 is 9.59 Å². The maximum atomic E-state index is 12.7. The molecule has 4 rings (SSSR count). The van der Waals surface area contributed by atoms with Gasteiger partial charge in [0.05, 0.1) is 5.75 Å². The molecule has 0 aromatic heterocycles. The number of rotatable bonds is 6. The fourth-order valence-electron chi connectivity index (χ4n) is 3.90. The van der Waals surface area contributed by atoms with Gasteiger partial charge in [-0.2, -0.15) is 0 Å². The summed E-state index contributed by atoms with van der Waals surface area (Å²) in [5.74, 6) is 0.549. The molecule has 1 fully saturated rings. The molecule has 0 radical (unpaired) electrons. The predicted octanol–water partition coefficient (Wildman–Crippen LogP) is 5.65. The van der Waals surface area contributed by atoms with Crippen molar-refractivity contribution >= 4 is 35.0 Å². The highest BCUT2D eigenvalue weighted by atomic mass is 32.2. The molecule has 2 amide bonds. The van der Waals surface area contributed by atoms with Crippen molar-refractivity contribution in [3.05, 3.63) is 95.1 Å². The minimum atomic E-state index is -0.102. The van der Waals surface area contributed by atoms with Crippen molar-refractivity contribution in [1.29, 1.82) is 0 Å². The summed E-state index contributed by atoms with van der Waals surface area (Å²) in [5, 5.41) is 2.91. The summed E-state index contributed by atoms with van der Waals surface area (Å²) in [6.07, 6.45) is 1.14. The number of carbonyl (C=O) groups is 2. The van der Waals surface area contributed by atoms with E-state index in [1.165, 1.54) is 5.56 Å². The van der Waals surface area contributed by atoms with Gasteiger partial charge in [0, 0.05) is 17.8 Å². The predicted molar refractivity (Wildman–Crippen MR) is 128 cm³/mol. The van der Waals surface area contributed by atoms with E-state index >= 15 is 0 Å². The van der Waals surface area contributed by atoms with Crippen LogP contribution in [0.1, 0.15) is 34.0 Å². The van der Waals surface area contributed by atoms with E-state index in [4.69, 9.17) is 0 Å². The smallest absolute Gasteiger partial charge is 0.238 e. The van der Waals surface area contributed by atoms with Crippen molar-refractivity contribution in [1.82, 2.24) is 0 Å². The number of nitrogens with zero attached hydrogens (tertiary/aromatic N) is 1. The summed E-state index contributed by atoms with van der Waals surface area (Å²) in [4.78, 5) is 27.1. The molecule has 4 nitrogen and oxygen atoms in total. The van der Waals surface area contributed by atoms with E-state index in [1.807, 2.05) is 78.6 Å². The van der Waals surface area contributed by atoms with Gasteiger partial charge in [-0.3, -0.25) is 14.5 Å². The minimum Gasteiger partial charge on any atom is -0.326 e. The molecule has 3 aromatic rings. The van der Waals surface area contributed by atoms with Crippen molar-refractivity contribution in [3.63, 3.8) is 0 Å². The van der Waals surface area contributed by atoms with Gasteiger partial charge < -0.3 is 5.32 Å². The maximum absolute atomic E-state index is 12.7. The molecule has 1 saturated heterocycles. The second kappa shape index (κ2) is 9.40. The van der Waals surface area contributed by atoms with E-state index < -0.39 is 0 Å². The van der Waals surface area contributed by atoms with Crippen LogP contribution in [-0.4, -0.2) is 17.6 Å². The van der Waals surface area contributed by atoms with Gasteiger partial charge in [-0.15, -0.1) is 11.8 Å². The summed E-state index contributed by atoms with van der Waals surface area (Å²) < 4.78 is 0. The number of hydrogen-bond acceptors (Lipinski definition) is 3. The van der Waals surface area contributed by atoms with Crippen LogP contribution >= 0.6 is 11.8 Å². The van der Waals surface area contributed by atoms with Gasteiger partial charge in [-0.1, -0.05) is 60.2 Å². The fourth-order valence-corrected chi connectivity index (χ4v) is 5.06. The molecule has 158 valence electrons. The first-order valence-corrected chi connectivity index (χ1v) is 11.5. The first-order valence-electron chi connectivity index (χ1n) is 10.5. The van der Waals surface area contributed by atoms with Crippen LogP contribution in [0.3, 0.4) is 0 Å². The Balaban J connectivity index is 1.49. The van der Waals surface area contributed by atoms with Crippen molar-refractivity contribution in [3.8, 4) is 0 Å². The third kappa shape index (κ3) is 5.00. The fraction of sp³-hybridized carbons (Fsp3) is 0.231. The van der Waals surface area contributed by atoms with Crippen LogP contribution in [0.5, 0.6) is 0 Å². The molecule has 1 aliphatic heterocycles. The topological polar surface area (TPSA) is 49.4 Å². The van der Waals surface area contributed by atoms with E-state index in [0.717, 1.165) is 28.1 Å². The van der Waals surface area contributed by atoms with Gasteiger partial charge in [0.2, 0.25) is 11.8 Å². The van der Waals surface area contributed by atoms with Crippen LogP contribution in [0.2, 0.25) is 0 Å². The number of aryl methyl sites for hydroxylation is 3. The summed E-state index contributed by atoms with van der Waals surface area (Å²) in [7, 11) is 0. The number of carbonyl (C=O) groups excluding carboxylic acids is 2. The summed E-state index contributed by atoms with van der Waals surface area (Å²) >= 11 is 1.62. The lowest BCUT2D eigenvalue weighted by Gasteiger charge is -2.26. The second-order valence-corrected chi connectivity index (χ2v) is 8.94. The van der Waals surface area contributed by atoms with Gasteiger partial charge in [0.15, 0.2) is 0 Å². The lowest BCUT2D eigenvalue weighted by Crippen LogP contribution is -2.28. The van der Waals surface area contributed by atoms with E-state index in [9.17, 15) is 9.59 Å². The monoisotopic (exact) mass is 430 g/mol. The molecule has 0 spiro atoms. The summed E-state index contributed by atoms with van der Waals surface area (Å²) in [6.45, 7) is 4.10. The van der Waals surface area contributed by atoms with Crippen molar-refractivity contribution in [2.24, 2.45) is 0 Å². The van der Waals surface area contributed by atoms with Crippen molar-refractivity contribution in [2.45, 2.75) is 32.1 Å². The number of thioether (sulfide) groups is 1. The van der Waals surface area contributed by atoms with Crippen LogP contribution < -0.4 is 10.2 Å². The Hall–Kier alpha value is -3.05. The summed E-state index contributed by atoms with van der Waals surface area (Å²) in [5.41, 5.74) is 6.13. The Morgan fingerprint density at radius 3 is 2.61 bits per heavy atom. The quantitative estimate of drug-likeness (QED) is 0.549. The molecule has 1 N–H and O–H groups in total. The molecule has 0 aliphatic carbocycles. The van der Waals surface area contributed by atoms with Gasteiger partial charge in [0.1, 0.15) is 5.37 Å². The highest BCUT2D eigenvalue weighted by molar-refractivity contribution is 8.00. The number of hydrogen-bond donors (Lipinski definition) is 1. The van der Waals surface area contributed by atoms with Gasteiger partial charge in [0.25, 0.3) is 0 Å². The number of nitrogens with one attached hydrogen (secondary N) is 1. The molecular weight excluding hydrogens is 404 g/mol. The normalized spacial score (nSPS) is 15.9. The Kier molecular flexibility index (Phi) is 6.42. The molecule has 3 aromatic carbocycles. The number of benzene rings is 3. The molecule has 0 saturated carbocycles. The Labute approximate surface area is 187 Å². The largest absolute Gasteiger partial charge is 0.326 e. The molecule has 0 bridgehead atoms. The molecule has 31 heavy (non-hydrogen) atoms. The molecule has 0 unspecified atom stereocenters. The van der Waals surface area contributed by atoms with Crippen LogP contribution in [0, 0.1) is 13.8 Å². The number of amides is 2. The Bertz CT molecular complexity index is 1100. The van der Waals surface area contributed by atoms with Crippen molar-refractivity contribution in [2.75, 3.05) is 16.0 Å². The minimum absolute atomic E-state index is 0.0117. The average Bonchev–Trinajstić information content (AvgIpc) is 3.14. The first-order chi connectivity index (χ1) is 15.0. The highest BCUT2D eigenvalue weighted by Gasteiger charge is 2.34. The van der Waals surface area contributed by atoms with Crippen LogP contribution in [0.25, 0.3) is 0 Å². The zero-order chi connectivity index (χ0) is 21.8. The van der Waals surface area contributed by atoms with Gasteiger partial charge in [-0.05, 0) is 55.2 Å². The third-order valence-electron chi connectivity index (χ3n) is 5.42. The van der Waals surface area contributed by atoms with Crippen LogP contribution in [-0.2, 0) is 16.0 Å². The zero-order valence-corrected chi connectivity index (χ0v) is 18.6. The van der Waals surface area contributed by atoms with E-state index in [-0.39, 0.29) is 17.2 Å². The molecule has 5 heteroatoms. The lowest BCUT2D eigenvalue weighted by molar-refractivity contribution is -0.116. The van der Waals surface area contributed by atoms with Gasteiger partial charge >= 0.3 is 0 Å². The standard InChI is InChI=1S/C26H26N2O2S/c1-18-11-13-23(19(2)15-18)28-25(30)17-31-26(28)21-9-6-10-22(16-21)27-24(29)14-12-20-7-4-3-5-8-20/h3-11,13,15-16,26H,12,14,17H2,1-2H3,(H,27,29)/t26-/m0/s1. The van der Waals surface area contributed by atoms with Gasteiger partial charge in [-0.25, -0.2) is 0 Å². The Morgan fingerprint density at radius 1 is 1.03 bits per heavy atom. The maximum Gasteiger partial charge on any atom is 0.238 e. The average molecular weight is 431 g/mol. The Morgan fingerprint density at radius 2 is 1.84 bits per heavy atom. The first kappa shape index (κ1) is 21.2. The van der Waals surface area contributed by atoms with E-state index in [0.29, 0.717) is 18.6 Å². The molecule has 1 aliphatic rings. The summed E-state index contributed by atoms with van der Waals surface area (Å²) in [6, 6.07) is 24.0. The second-order valence-electron chi connectivity index (χ2n) is 7.88. The zero-order valence-electron chi connectivity index (χ0n) is 17.8. The van der Waals surface area contributed by atoms with Crippen LogP contribution in [0.15, 0.2) is 72.8 Å². The number of anilines is 2. The molecule has 1 atom stereocenters. The lowest BCUT2D eigenvalue weighted by atomic mass is 10.1. The van der Waals surface area contributed by atoms with Crippen LogP contribution in [0.4, 0.5) is 11.4 Å². The molecular formula is C26H26N2O2S. The third-order valence-corrected chi connectivity index (χ3v) is 6.63.